The quantitative estimate of drug-likeness (QED) is 0.865. The van der Waals surface area contributed by atoms with Crippen LogP contribution in [0.1, 0.15) is 19.5 Å². The smallest absolute Gasteiger partial charge is 0.162 e. The Balaban J connectivity index is 1.70. The molecule has 1 saturated heterocycles. The van der Waals surface area contributed by atoms with E-state index in [0.29, 0.717) is 12.1 Å². The van der Waals surface area contributed by atoms with Gasteiger partial charge >= 0.3 is 0 Å². The minimum atomic E-state index is 0.305. The Morgan fingerprint density at radius 3 is 3.16 bits per heavy atom. The second kappa shape index (κ2) is 5.45. The van der Waals surface area contributed by atoms with Gasteiger partial charge in [0.2, 0.25) is 0 Å². The number of thiazole rings is 1. The van der Waals surface area contributed by atoms with Gasteiger partial charge in [-0.3, -0.25) is 4.90 Å². The maximum Gasteiger partial charge on any atom is 0.162 e. The highest BCUT2D eigenvalue weighted by Gasteiger charge is 2.24. The van der Waals surface area contributed by atoms with Gasteiger partial charge < -0.3 is 9.15 Å². The van der Waals surface area contributed by atoms with Gasteiger partial charge in [0.25, 0.3) is 0 Å². The van der Waals surface area contributed by atoms with Gasteiger partial charge in [-0.2, -0.15) is 0 Å². The van der Waals surface area contributed by atoms with E-state index in [9.17, 15) is 0 Å². The standard InChI is InChI=1S/C14H18N2O2S/c1-10-8-18-11(2)6-16(10)7-12-9-19-14(15-12)13-4-3-5-17-13/h3-5,9-11H,6-8H2,1-2H3/t10-,11-/m1/s1. The third kappa shape index (κ3) is 2.88. The fraction of sp³-hybridized carbons (Fsp3) is 0.500. The second-order valence-electron chi connectivity index (χ2n) is 5.04. The van der Waals surface area contributed by atoms with Gasteiger partial charge in [-0.25, -0.2) is 4.98 Å². The van der Waals surface area contributed by atoms with Crippen molar-refractivity contribution in [3.63, 3.8) is 0 Å². The average Bonchev–Trinajstić information content (AvgIpc) is 3.04. The summed E-state index contributed by atoms with van der Waals surface area (Å²) in [5, 5.41) is 3.07. The molecule has 1 aliphatic heterocycles. The fourth-order valence-corrected chi connectivity index (χ4v) is 3.07. The molecule has 0 N–H and O–H groups in total. The maximum absolute atomic E-state index is 5.65. The van der Waals surface area contributed by atoms with Crippen molar-refractivity contribution < 1.29 is 9.15 Å². The molecule has 0 aromatic carbocycles. The third-order valence-electron chi connectivity index (χ3n) is 3.39. The summed E-state index contributed by atoms with van der Waals surface area (Å²) in [5.74, 6) is 0.847. The van der Waals surface area contributed by atoms with Crippen LogP contribution in [0.25, 0.3) is 10.8 Å². The lowest BCUT2D eigenvalue weighted by Crippen LogP contribution is -2.46. The van der Waals surface area contributed by atoms with E-state index in [1.165, 1.54) is 0 Å². The SMILES string of the molecule is C[C@@H]1CN(Cc2csc(-c3ccco3)n2)[C@H](C)CO1. The molecule has 0 radical (unpaired) electrons. The zero-order chi connectivity index (χ0) is 13.2. The Bertz CT molecular complexity index is 523. The molecule has 3 rings (SSSR count). The van der Waals surface area contributed by atoms with Gasteiger partial charge in [0.15, 0.2) is 10.8 Å². The largest absolute Gasteiger partial charge is 0.462 e. The summed E-state index contributed by atoms with van der Waals surface area (Å²) in [6.45, 7) is 6.97. The van der Waals surface area contributed by atoms with Crippen LogP contribution in [0.4, 0.5) is 0 Å². The van der Waals surface area contributed by atoms with Crippen molar-refractivity contribution in [2.24, 2.45) is 0 Å². The van der Waals surface area contributed by atoms with Crippen molar-refractivity contribution in [3.05, 3.63) is 29.5 Å². The van der Waals surface area contributed by atoms with E-state index in [4.69, 9.17) is 9.15 Å². The lowest BCUT2D eigenvalue weighted by molar-refractivity contribution is -0.0530. The monoisotopic (exact) mass is 278 g/mol. The summed E-state index contributed by atoms with van der Waals surface area (Å²) in [7, 11) is 0. The molecule has 4 nitrogen and oxygen atoms in total. The first-order valence-electron chi connectivity index (χ1n) is 6.56. The van der Waals surface area contributed by atoms with Crippen molar-refractivity contribution in [1.29, 1.82) is 0 Å². The van der Waals surface area contributed by atoms with Gasteiger partial charge in [-0.15, -0.1) is 11.3 Å². The van der Waals surface area contributed by atoms with Crippen LogP contribution in [-0.4, -0.2) is 35.2 Å². The molecule has 3 heterocycles. The van der Waals surface area contributed by atoms with E-state index in [1.807, 2.05) is 12.1 Å². The highest BCUT2D eigenvalue weighted by Crippen LogP contribution is 2.25. The molecule has 0 amide bonds. The highest BCUT2D eigenvalue weighted by molar-refractivity contribution is 7.13. The molecular weight excluding hydrogens is 260 g/mol. The summed E-state index contributed by atoms with van der Waals surface area (Å²) < 4.78 is 11.0. The van der Waals surface area contributed by atoms with Gasteiger partial charge in [0.1, 0.15) is 0 Å². The van der Waals surface area contributed by atoms with Crippen LogP contribution in [-0.2, 0) is 11.3 Å². The van der Waals surface area contributed by atoms with Gasteiger partial charge in [-0.05, 0) is 26.0 Å². The molecule has 102 valence electrons. The van der Waals surface area contributed by atoms with Crippen molar-refractivity contribution in [2.75, 3.05) is 13.2 Å². The normalized spacial score (nSPS) is 24.7. The lowest BCUT2D eigenvalue weighted by Gasteiger charge is -2.36. The number of hydrogen-bond acceptors (Lipinski definition) is 5. The molecule has 2 atom stereocenters. The Labute approximate surface area is 117 Å². The van der Waals surface area contributed by atoms with Crippen LogP contribution >= 0.6 is 11.3 Å². The Morgan fingerprint density at radius 2 is 2.37 bits per heavy atom. The van der Waals surface area contributed by atoms with Crippen LogP contribution < -0.4 is 0 Å². The molecule has 1 fully saturated rings. The Hall–Kier alpha value is -1.17. The molecule has 5 heteroatoms. The first-order valence-corrected chi connectivity index (χ1v) is 7.44. The Kier molecular flexibility index (Phi) is 3.68. The van der Waals surface area contributed by atoms with Crippen LogP contribution in [0.15, 0.2) is 28.2 Å². The first kappa shape index (κ1) is 12.8. The first-order chi connectivity index (χ1) is 9.22. The minimum Gasteiger partial charge on any atom is -0.462 e. The summed E-state index contributed by atoms with van der Waals surface area (Å²) in [5.41, 5.74) is 1.11. The van der Waals surface area contributed by atoms with Crippen LogP contribution in [0.3, 0.4) is 0 Å². The summed E-state index contributed by atoms with van der Waals surface area (Å²) in [6, 6.07) is 4.29. The number of ether oxygens (including phenoxy) is 1. The van der Waals surface area contributed by atoms with Gasteiger partial charge in [0, 0.05) is 24.5 Å². The third-order valence-corrected chi connectivity index (χ3v) is 4.29. The van der Waals surface area contributed by atoms with Crippen LogP contribution in [0.2, 0.25) is 0 Å². The topological polar surface area (TPSA) is 38.5 Å². The van der Waals surface area contributed by atoms with E-state index in [1.54, 1.807) is 17.6 Å². The molecular formula is C14H18N2O2S. The zero-order valence-corrected chi connectivity index (χ0v) is 12.0. The molecule has 2 aromatic heterocycles. The number of furan rings is 1. The molecule has 0 saturated carbocycles. The molecule has 0 unspecified atom stereocenters. The van der Waals surface area contributed by atoms with Gasteiger partial charge in [0.05, 0.1) is 24.7 Å². The Morgan fingerprint density at radius 1 is 1.47 bits per heavy atom. The molecule has 19 heavy (non-hydrogen) atoms. The van der Waals surface area contributed by atoms with E-state index < -0.39 is 0 Å². The van der Waals surface area contributed by atoms with Crippen LogP contribution in [0, 0.1) is 0 Å². The minimum absolute atomic E-state index is 0.305. The molecule has 2 aromatic rings. The number of nitrogens with zero attached hydrogens (tertiary/aromatic N) is 2. The molecule has 0 bridgehead atoms. The zero-order valence-electron chi connectivity index (χ0n) is 11.2. The number of aromatic nitrogens is 1. The summed E-state index contributed by atoms with van der Waals surface area (Å²) >= 11 is 1.64. The summed E-state index contributed by atoms with van der Waals surface area (Å²) in [4.78, 5) is 7.07. The molecule has 0 aliphatic carbocycles. The molecule has 0 spiro atoms. The predicted octanol–water partition coefficient (Wildman–Crippen LogP) is 3.01. The van der Waals surface area contributed by atoms with E-state index >= 15 is 0 Å². The maximum atomic E-state index is 5.65. The van der Waals surface area contributed by atoms with Gasteiger partial charge in [-0.1, -0.05) is 0 Å². The predicted molar refractivity (Wildman–Crippen MR) is 75.1 cm³/mol. The van der Waals surface area contributed by atoms with Crippen molar-refractivity contribution in [1.82, 2.24) is 9.88 Å². The number of rotatable bonds is 3. The number of morpholine rings is 1. The lowest BCUT2D eigenvalue weighted by atomic mass is 10.2. The average molecular weight is 278 g/mol. The number of hydrogen-bond donors (Lipinski definition) is 0. The van der Waals surface area contributed by atoms with E-state index in [0.717, 1.165) is 36.2 Å². The van der Waals surface area contributed by atoms with Crippen molar-refractivity contribution in [2.45, 2.75) is 32.5 Å². The van der Waals surface area contributed by atoms with Crippen LogP contribution in [0.5, 0.6) is 0 Å². The van der Waals surface area contributed by atoms with E-state index in [2.05, 4.69) is 29.1 Å². The highest BCUT2D eigenvalue weighted by atomic mass is 32.1. The van der Waals surface area contributed by atoms with E-state index in [-0.39, 0.29) is 0 Å². The second-order valence-corrected chi connectivity index (χ2v) is 5.90. The fourth-order valence-electron chi connectivity index (χ4n) is 2.29. The van der Waals surface area contributed by atoms with Crippen molar-refractivity contribution >= 4 is 11.3 Å². The molecule has 1 aliphatic rings. The summed E-state index contributed by atoms with van der Waals surface area (Å²) in [6.07, 6.45) is 1.99. The van der Waals surface area contributed by atoms with Crippen molar-refractivity contribution in [3.8, 4) is 10.8 Å².